The topological polar surface area (TPSA) is 70.8 Å². The number of benzene rings is 1. The minimum atomic E-state index is -0.775. The maximum absolute atomic E-state index is 10.6. The number of rotatable bonds is 4. The third-order valence-corrected chi connectivity index (χ3v) is 3.26. The summed E-state index contributed by atoms with van der Waals surface area (Å²) in [5.74, 6) is 0.811. The van der Waals surface area contributed by atoms with Crippen LogP contribution < -0.4 is 10.5 Å². The van der Waals surface area contributed by atoms with Crippen molar-refractivity contribution in [3.8, 4) is 5.75 Å². The van der Waals surface area contributed by atoms with Crippen molar-refractivity contribution in [2.24, 2.45) is 5.73 Å². The first kappa shape index (κ1) is 13.7. The monoisotopic (exact) mass is 265 g/mol. The zero-order valence-electron chi connectivity index (χ0n) is 11.4. The molecule has 1 amide bonds. The Morgan fingerprint density at radius 2 is 2.21 bits per heavy atom. The Hall–Kier alpha value is -1.75. The lowest BCUT2D eigenvalue weighted by Gasteiger charge is -2.25. The van der Waals surface area contributed by atoms with Crippen molar-refractivity contribution in [1.82, 2.24) is 0 Å². The molecule has 0 fully saturated rings. The summed E-state index contributed by atoms with van der Waals surface area (Å²) in [6, 6.07) is 5.69. The minimum absolute atomic E-state index is 0.165. The number of primary amides is 1. The Morgan fingerprint density at radius 1 is 1.47 bits per heavy atom. The summed E-state index contributed by atoms with van der Waals surface area (Å²) in [6.07, 6.45) is -1.07. The first-order valence-corrected chi connectivity index (χ1v) is 6.29. The highest BCUT2D eigenvalue weighted by Crippen LogP contribution is 2.43. The lowest BCUT2D eigenvalue weighted by molar-refractivity contribution is -0.0981. The Balaban J connectivity index is 2.22. The van der Waals surface area contributed by atoms with Gasteiger partial charge in [-0.15, -0.1) is 0 Å². The zero-order chi connectivity index (χ0) is 14.0. The van der Waals surface area contributed by atoms with Crippen LogP contribution in [-0.4, -0.2) is 19.0 Å². The Kier molecular flexibility index (Phi) is 3.66. The van der Waals surface area contributed by atoms with E-state index in [2.05, 4.69) is 13.8 Å². The Bertz CT molecular complexity index is 484. The molecule has 0 aliphatic carbocycles. The van der Waals surface area contributed by atoms with E-state index in [-0.39, 0.29) is 18.3 Å². The van der Waals surface area contributed by atoms with Crippen LogP contribution in [0.1, 0.15) is 31.9 Å². The quantitative estimate of drug-likeness (QED) is 0.906. The summed E-state index contributed by atoms with van der Waals surface area (Å²) < 4.78 is 16.2. The van der Waals surface area contributed by atoms with Crippen LogP contribution >= 0.6 is 0 Å². The largest absolute Gasteiger partial charge is 0.464 e. The molecule has 2 rings (SSSR count). The molecule has 1 aromatic carbocycles. The molecular weight excluding hydrogens is 246 g/mol. The van der Waals surface area contributed by atoms with Crippen LogP contribution in [0.5, 0.6) is 5.75 Å². The molecule has 0 bridgehead atoms. The standard InChI is InChI=1S/C14H19NO4/c1-4-17-12-14(2,3)10-7-9(8-18-13(15)16)5-6-11(10)19-12/h5-7,12H,4,8H2,1-3H3,(H2,15,16). The van der Waals surface area contributed by atoms with Gasteiger partial charge in [0, 0.05) is 12.2 Å². The highest BCUT2D eigenvalue weighted by molar-refractivity contribution is 5.64. The third kappa shape index (κ3) is 2.66. The molecule has 1 aliphatic rings. The van der Waals surface area contributed by atoms with Crippen molar-refractivity contribution in [3.05, 3.63) is 29.3 Å². The molecule has 5 heteroatoms. The van der Waals surface area contributed by atoms with E-state index in [0.717, 1.165) is 16.9 Å². The summed E-state index contributed by atoms with van der Waals surface area (Å²) in [6.45, 7) is 6.84. The maximum atomic E-state index is 10.6. The Labute approximate surface area is 112 Å². The van der Waals surface area contributed by atoms with Gasteiger partial charge < -0.3 is 19.9 Å². The van der Waals surface area contributed by atoms with Gasteiger partial charge in [0.15, 0.2) is 0 Å². The number of carbonyl (C=O) groups excluding carboxylic acids is 1. The summed E-state index contributed by atoms with van der Waals surface area (Å²) in [5.41, 5.74) is 6.65. The van der Waals surface area contributed by atoms with E-state index in [1.54, 1.807) is 0 Å². The lowest BCUT2D eigenvalue weighted by Crippen LogP contribution is -2.34. The van der Waals surface area contributed by atoms with Crippen molar-refractivity contribution in [1.29, 1.82) is 0 Å². The van der Waals surface area contributed by atoms with Gasteiger partial charge >= 0.3 is 6.09 Å². The molecule has 5 nitrogen and oxygen atoms in total. The summed E-state index contributed by atoms with van der Waals surface area (Å²) >= 11 is 0. The number of amides is 1. The molecule has 1 atom stereocenters. The highest BCUT2D eigenvalue weighted by Gasteiger charge is 2.42. The molecule has 2 N–H and O–H groups in total. The fourth-order valence-corrected chi connectivity index (χ4v) is 2.21. The van der Waals surface area contributed by atoms with E-state index in [0.29, 0.717) is 6.61 Å². The van der Waals surface area contributed by atoms with Crippen molar-refractivity contribution in [2.45, 2.75) is 39.1 Å². The minimum Gasteiger partial charge on any atom is -0.464 e. The van der Waals surface area contributed by atoms with Gasteiger partial charge in [0.1, 0.15) is 12.4 Å². The highest BCUT2D eigenvalue weighted by atomic mass is 16.7. The average Bonchev–Trinajstić information content (AvgIpc) is 2.59. The van der Waals surface area contributed by atoms with Crippen LogP contribution in [0.2, 0.25) is 0 Å². The van der Waals surface area contributed by atoms with Gasteiger partial charge in [-0.1, -0.05) is 6.07 Å². The molecule has 0 spiro atoms. The summed E-state index contributed by atoms with van der Waals surface area (Å²) in [4.78, 5) is 10.6. The fourth-order valence-electron chi connectivity index (χ4n) is 2.21. The van der Waals surface area contributed by atoms with Crippen molar-refractivity contribution in [3.63, 3.8) is 0 Å². The van der Waals surface area contributed by atoms with Crippen LogP contribution in [-0.2, 0) is 21.5 Å². The maximum Gasteiger partial charge on any atom is 0.404 e. The molecule has 1 unspecified atom stereocenters. The smallest absolute Gasteiger partial charge is 0.404 e. The van der Waals surface area contributed by atoms with Gasteiger partial charge in [-0.05, 0) is 38.5 Å². The van der Waals surface area contributed by atoms with Crippen molar-refractivity contribution < 1.29 is 19.0 Å². The number of carbonyl (C=O) groups is 1. The van der Waals surface area contributed by atoms with Gasteiger partial charge in [-0.3, -0.25) is 0 Å². The zero-order valence-corrected chi connectivity index (χ0v) is 11.4. The normalized spacial score (nSPS) is 19.6. The van der Waals surface area contributed by atoms with Crippen LogP contribution in [0.4, 0.5) is 4.79 Å². The van der Waals surface area contributed by atoms with Gasteiger partial charge in [-0.2, -0.15) is 0 Å². The third-order valence-electron chi connectivity index (χ3n) is 3.26. The SMILES string of the molecule is CCOC1Oc2ccc(COC(N)=O)cc2C1(C)C. The molecule has 1 aliphatic heterocycles. The van der Waals surface area contributed by atoms with E-state index in [4.69, 9.17) is 19.9 Å². The number of fused-ring (bicyclic) bond motifs is 1. The van der Waals surface area contributed by atoms with Crippen molar-refractivity contribution in [2.75, 3.05) is 6.61 Å². The Morgan fingerprint density at radius 3 is 2.84 bits per heavy atom. The van der Waals surface area contributed by atoms with Gasteiger partial charge in [0.25, 0.3) is 0 Å². The molecule has 0 radical (unpaired) electrons. The number of nitrogens with two attached hydrogens (primary N) is 1. The molecule has 1 aromatic rings. The van der Waals surface area contributed by atoms with Crippen LogP contribution in [0, 0.1) is 0 Å². The first-order valence-electron chi connectivity index (χ1n) is 6.29. The van der Waals surface area contributed by atoms with E-state index >= 15 is 0 Å². The molecular formula is C14H19NO4. The van der Waals surface area contributed by atoms with E-state index < -0.39 is 6.09 Å². The van der Waals surface area contributed by atoms with Crippen LogP contribution in [0.15, 0.2) is 18.2 Å². The molecule has 19 heavy (non-hydrogen) atoms. The fraction of sp³-hybridized carbons (Fsp3) is 0.500. The van der Waals surface area contributed by atoms with E-state index in [1.807, 2.05) is 25.1 Å². The van der Waals surface area contributed by atoms with Gasteiger partial charge in [-0.25, -0.2) is 4.79 Å². The van der Waals surface area contributed by atoms with E-state index in [9.17, 15) is 4.79 Å². The summed E-state index contributed by atoms with van der Waals surface area (Å²) in [5, 5.41) is 0. The molecule has 0 saturated heterocycles. The number of ether oxygens (including phenoxy) is 3. The summed E-state index contributed by atoms with van der Waals surface area (Å²) in [7, 11) is 0. The molecule has 0 aromatic heterocycles. The average molecular weight is 265 g/mol. The second-order valence-electron chi connectivity index (χ2n) is 5.07. The van der Waals surface area contributed by atoms with Crippen LogP contribution in [0.3, 0.4) is 0 Å². The van der Waals surface area contributed by atoms with Crippen LogP contribution in [0.25, 0.3) is 0 Å². The predicted octanol–water partition coefficient (Wildman–Crippen LogP) is 2.31. The molecule has 1 heterocycles. The van der Waals surface area contributed by atoms with Crippen molar-refractivity contribution >= 4 is 6.09 Å². The second kappa shape index (κ2) is 5.09. The van der Waals surface area contributed by atoms with Gasteiger partial charge in [0.05, 0.1) is 5.41 Å². The number of hydrogen-bond donors (Lipinski definition) is 1. The van der Waals surface area contributed by atoms with E-state index in [1.165, 1.54) is 0 Å². The number of hydrogen-bond acceptors (Lipinski definition) is 4. The molecule has 104 valence electrons. The molecule has 0 saturated carbocycles. The predicted molar refractivity (Wildman–Crippen MR) is 69.9 cm³/mol. The lowest BCUT2D eigenvalue weighted by atomic mass is 9.84. The second-order valence-corrected chi connectivity index (χ2v) is 5.07. The van der Waals surface area contributed by atoms with Gasteiger partial charge in [0.2, 0.25) is 6.29 Å². The first-order chi connectivity index (χ1) is 8.95.